The second kappa shape index (κ2) is 3.79. The monoisotopic (exact) mass is 182 g/mol. The minimum absolute atomic E-state index is 0.451. The number of fused-ring (bicyclic) bond motifs is 1. The number of Topliss-reactive ketones (excluding diaryl/α,β-unsaturated/α-hetero) is 1. The first-order valence-corrected chi connectivity index (χ1v) is 5.46. The summed E-state index contributed by atoms with van der Waals surface area (Å²) in [4.78, 5) is 11.4. The molecule has 1 aliphatic heterocycles. The quantitative estimate of drug-likeness (QED) is 0.624. The van der Waals surface area contributed by atoms with Gasteiger partial charge in [-0.1, -0.05) is 6.92 Å². The molecule has 0 amide bonds. The van der Waals surface area contributed by atoms with Gasteiger partial charge in [-0.3, -0.25) is 4.79 Å². The smallest absolute Gasteiger partial charge is 0.133 e. The van der Waals surface area contributed by atoms with Gasteiger partial charge in [0, 0.05) is 12.8 Å². The summed E-state index contributed by atoms with van der Waals surface area (Å²) in [6.07, 6.45) is 7.19. The molecule has 1 saturated carbocycles. The molecule has 0 radical (unpaired) electrons. The van der Waals surface area contributed by atoms with E-state index in [0.29, 0.717) is 23.9 Å². The van der Waals surface area contributed by atoms with Crippen molar-refractivity contribution in [2.24, 2.45) is 5.92 Å². The van der Waals surface area contributed by atoms with Crippen LogP contribution in [0.1, 0.15) is 45.4 Å². The van der Waals surface area contributed by atoms with Crippen LogP contribution in [-0.4, -0.2) is 18.0 Å². The van der Waals surface area contributed by atoms with Gasteiger partial charge in [0.05, 0.1) is 12.2 Å². The lowest BCUT2D eigenvalue weighted by atomic mass is 9.85. The number of ether oxygens (including phenoxy) is 1. The zero-order valence-electron chi connectivity index (χ0n) is 8.29. The molecule has 3 atom stereocenters. The molecule has 13 heavy (non-hydrogen) atoms. The number of hydrogen-bond acceptors (Lipinski definition) is 2. The largest absolute Gasteiger partial charge is 0.370 e. The topological polar surface area (TPSA) is 29.6 Å². The van der Waals surface area contributed by atoms with E-state index in [1.54, 1.807) is 0 Å². The molecule has 74 valence electrons. The number of carbonyl (C=O) groups is 1. The lowest BCUT2D eigenvalue weighted by Gasteiger charge is -2.17. The molecule has 0 N–H and O–H groups in total. The van der Waals surface area contributed by atoms with Crippen LogP contribution in [0.3, 0.4) is 0 Å². The van der Waals surface area contributed by atoms with E-state index in [2.05, 4.69) is 6.92 Å². The molecule has 2 fully saturated rings. The Kier molecular flexibility index (Phi) is 2.68. The third kappa shape index (κ3) is 2.31. The summed E-state index contributed by atoms with van der Waals surface area (Å²) in [5.41, 5.74) is 0. The van der Waals surface area contributed by atoms with E-state index < -0.39 is 0 Å². The number of epoxide rings is 1. The fraction of sp³-hybridized carbons (Fsp3) is 0.909. The molecule has 2 heteroatoms. The molecule has 0 aromatic rings. The molecular formula is C11H18O2. The van der Waals surface area contributed by atoms with Gasteiger partial charge in [-0.15, -0.1) is 0 Å². The number of hydrogen-bond donors (Lipinski definition) is 0. The molecule has 0 spiro atoms. The third-order valence-electron chi connectivity index (χ3n) is 3.16. The van der Waals surface area contributed by atoms with Crippen molar-refractivity contribution in [3.8, 4) is 0 Å². The van der Waals surface area contributed by atoms with Gasteiger partial charge in [0.1, 0.15) is 5.78 Å². The standard InChI is InChI=1S/C11H18O2/c1-2-3-9(12)6-8-4-5-10-11(7-8)13-10/h8,10-11H,2-7H2,1H3. The fourth-order valence-corrected chi connectivity index (χ4v) is 2.38. The van der Waals surface area contributed by atoms with E-state index in [0.717, 1.165) is 25.7 Å². The Balaban J connectivity index is 1.71. The van der Waals surface area contributed by atoms with Gasteiger partial charge in [0.15, 0.2) is 0 Å². The highest BCUT2D eigenvalue weighted by Crippen LogP contribution is 2.40. The molecule has 2 aliphatic rings. The summed E-state index contributed by atoms with van der Waals surface area (Å²) >= 11 is 0. The number of ketones is 1. The van der Waals surface area contributed by atoms with Gasteiger partial charge in [-0.05, 0) is 31.6 Å². The highest BCUT2D eigenvalue weighted by molar-refractivity contribution is 5.78. The van der Waals surface area contributed by atoms with Crippen molar-refractivity contribution in [3.63, 3.8) is 0 Å². The molecule has 2 rings (SSSR count). The average Bonchev–Trinajstić information content (AvgIpc) is 2.82. The fourth-order valence-electron chi connectivity index (χ4n) is 2.38. The Morgan fingerprint density at radius 2 is 2.23 bits per heavy atom. The maximum Gasteiger partial charge on any atom is 0.133 e. The highest BCUT2D eigenvalue weighted by atomic mass is 16.6. The molecular weight excluding hydrogens is 164 g/mol. The molecule has 1 saturated heterocycles. The first-order valence-electron chi connectivity index (χ1n) is 5.46. The number of carbonyl (C=O) groups excluding carboxylic acids is 1. The molecule has 0 aromatic heterocycles. The van der Waals surface area contributed by atoms with E-state index in [9.17, 15) is 4.79 Å². The maximum absolute atomic E-state index is 11.4. The first-order chi connectivity index (χ1) is 6.29. The molecule has 3 unspecified atom stereocenters. The van der Waals surface area contributed by atoms with Crippen molar-refractivity contribution in [2.45, 2.75) is 57.7 Å². The van der Waals surface area contributed by atoms with Gasteiger partial charge < -0.3 is 4.74 Å². The van der Waals surface area contributed by atoms with E-state index in [-0.39, 0.29) is 0 Å². The van der Waals surface area contributed by atoms with E-state index >= 15 is 0 Å². The van der Waals surface area contributed by atoms with Crippen molar-refractivity contribution in [1.82, 2.24) is 0 Å². The first kappa shape index (κ1) is 9.20. The summed E-state index contributed by atoms with van der Waals surface area (Å²) in [5, 5.41) is 0. The van der Waals surface area contributed by atoms with Crippen LogP contribution in [0.15, 0.2) is 0 Å². The van der Waals surface area contributed by atoms with Crippen LogP contribution in [0.25, 0.3) is 0 Å². The lowest BCUT2D eigenvalue weighted by molar-refractivity contribution is -0.120. The van der Waals surface area contributed by atoms with Gasteiger partial charge >= 0.3 is 0 Å². The zero-order valence-corrected chi connectivity index (χ0v) is 8.29. The summed E-state index contributed by atoms with van der Waals surface area (Å²) in [6.45, 7) is 2.07. The van der Waals surface area contributed by atoms with Gasteiger partial charge in [0.25, 0.3) is 0 Å². The Morgan fingerprint density at radius 3 is 2.92 bits per heavy atom. The second-order valence-electron chi connectivity index (χ2n) is 4.38. The van der Waals surface area contributed by atoms with Crippen LogP contribution in [0.2, 0.25) is 0 Å². The molecule has 2 nitrogen and oxygen atoms in total. The van der Waals surface area contributed by atoms with Gasteiger partial charge in [0.2, 0.25) is 0 Å². The molecule has 0 bridgehead atoms. The van der Waals surface area contributed by atoms with Gasteiger partial charge in [-0.2, -0.15) is 0 Å². The minimum atomic E-state index is 0.451. The van der Waals surface area contributed by atoms with Crippen molar-refractivity contribution in [1.29, 1.82) is 0 Å². The normalized spacial score (nSPS) is 36.8. The Labute approximate surface area is 79.7 Å². The van der Waals surface area contributed by atoms with E-state index in [1.165, 1.54) is 12.8 Å². The predicted octanol–water partition coefficient (Wildman–Crippen LogP) is 2.31. The van der Waals surface area contributed by atoms with Gasteiger partial charge in [-0.25, -0.2) is 0 Å². The number of rotatable bonds is 4. The summed E-state index contributed by atoms with van der Waals surface area (Å²) in [6, 6.07) is 0. The lowest BCUT2D eigenvalue weighted by Crippen LogP contribution is -2.16. The predicted molar refractivity (Wildman–Crippen MR) is 50.5 cm³/mol. The second-order valence-corrected chi connectivity index (χ2v) is 4.38. The Bertz CT molecular complexity index is 200. The van der Waals surface area contributed by atoms with Crippen LogP contribution >= 0.6 is 0 Å². The Hall–Kier alpha value is -0.370. The summed E-state index contributed by atoms with van der Waals surface area (Å²) in [7, 11) is 0. The average molecular weight is 182 g/mol. The van der Waals surface area contributed by atoms with Crippen LogP contribution in [0.4, 0.5) is 0 Å². The van der Waals surface area contributed by atoms with Crippen LogP contribution in [0.5, 0.6) is 0 Å². The van der Waals surface area contributed by atoms with E-state index in [4.69, 9.17) is 4.74 Å². The molecule has 0 aromatic carbocycles. The molecule has 1 aliphatic carbocycles. The van der Waals surface area contributed by atoms with Crippen molar-refractivity contribution >= 4 is 5.78 Å². The highest BCUT2D eigenvalue weighted by Gasteiger charge is 2.43. The Morgan fingerprint density at radius 1 is 1.38 bits per heavy atom. The summed E-state index contributed by atoms with van der Waals surface area (Å²) in [5.74, 6) is 1.08. The SMILES string of the molecule is CCCC(=O)CC1CCC2OC2C1. The van der Waals surface area contributed by atoms with E-state index in [1.807, 2.05) is 0 Å². The van der Waals surface area contributed by atoms with Crippen molar-refractivity contribution < 1.29 is 9.53 Å². The molecule has 1 heterocycles. The minimum Gasteiger partial charge on any atom is -0.370 e. The van der Waals surface area contributed by atoms with Crippen LogP contribution < -0.4 is 0 Å². The van der Waals surface area contributed by atoms with Crippen LogP contribution in [0, 0.1) is 5.92 Å². The van der Waals surface area contributed by atoms with Crippen molar-refractivity contribution in [3.05, 3.63) is 0 Å². The maximum atomic E-state index is 11.4. The third-order valence-corrected chi connectivity index (χ3v) is 3.16. The van der Waals surface area contributed by atoms with Crippen LogP contribution in [-0.2, 0) is 9.53 Å². The summed E-state index contributed by atoms with van der Waals surface area (Å²) < 4.78 is 5.44. The van der Waals surface area contributed by atoms with Crippen molar-refractivity contribution in [2.75, 3.05) is 0 Å². The zero-order chi connectivity index (χ0) is 9.26.